The molecule has 0 unspecified atom stereocenters. The summed E-state index contributed by atoms with van der Waals surface area (Å²) in [6.45, 7) is 4.17. The summed E-state index contributed by atoms with van der Waals surface area (Å²) in [5, 5.41) is 12.0. The predicted molar refractivity (Wildman–Crippen MR) is 121 cm³/mol. The predicted octanol–water partition coefficient (Wildman–Crippen LogP) is 5.49. The lowest BCUT2D eigenvalue weighted by Crippen LogP contribution is -2.26. The van der Waals surface area contributed by atoms with Gasteiger partial charge in [-0.25, -0.2) is 4.98 Å². The van der Waals surface area contributed by atoms with Crippen molar-refractivity contribution in [2.24, 2.45) is 0 Å². The van der Waals surface area contributed by atoms with E-state index in [4.69, 9.17) is 11.6 Å². The third-order valence-corrected chi connectivity index (χ3v) is 6.84. The number of hydrogen-bond donors (Lipinski definition) is 1. The van der Waals surface area contributed by atoms with Crippen molar-refractivity contribution >= 4 is 46.4 Å². The molecule has 1 aromatic carbocycles. The summed E-state index contributed by atoms with van der Waals surface area (Å²) in [4.78, 5) is 22.5. The van der Waals surface area contributed by atoms with Crippen LogP contribution in [-0.2, 0) is 11.2 Å². The quantitative estimate of drug-likeness (QED) is 0.460. The number of rotatable bonds is 8. The lowest BCUT2D eigenvalue weighted by molar-refractivity contribution is -0.138. The molecule has 0 aliphatic heterocycles. The van der Waals surface area contributed by atoms with Gasteiger partial charge in [-0.2, -0.15) is 0 Å². The Balaban J connectivity index is 1.57. The van der Waals surface area contributed by atoms with Crippen LogP contribution in [0.2, 0.25) is 5.02 Å². The van der Waals surface area contributed by atoms with Crippen LogP contribution in [0.3, 0.4) is 0 Å². The first-order valence-electron chi connectivity index (χ1n) is 9.04. The van der Waals surface area contributed by atoms with E-state index in [-0.39, 0.29) is 0 Å². The number of thioether (sulfide) groups is 1. The van der Waals surface area contributed by atoms with Crippen molar-refractivity contribution in [3.8, 4) is 11.3 Å². The summed E-state index contributed by atoms with van der Waals surface area (Å²) in [6.07, 6.45) is 2.64. The summed E-state index contributed by atoms with van der Waals surface area (Å²) < 4.78 is -0.104. The Morgan fingerprint density at radius 3 is 2.59 bits per heavy atom. The average molecular weight is 448 g/mol. The third-order valence-electron chi connectivity index (χ3n) is 4.42. The highest BCUT2D eigenvalue weighted by atomic mass is 35.5. The molecule has 0 bridgehead atoms. The van der Waals surface area contributed by atoms with Gasteiger partial charge >= 0.3 is 5.97 Å². The summed E-state index contributed by atoms with van der Waals surface area (Å²) in [7, 11) is 2.02. The topological polar surface area (TPSA) is 66.3 Å². The molecular weight excluding hydrogens is 426 g/mol. The Hall–Kier alpha value is -2.09. The maximum absolute atomic E-state index is 11.3. The number of carboxylic acid groups (broad SMARTS) is 1. The number of pyridine rings is 1. The number of likely N-dealkylation sites (N-methyl/N-ethyl adjacent to an activating group) is 1. The number of anilines is 1. The molecule has 0 amide bonds. The van der Waals surface area contributed by atoms with E-state index in [0.29, 0.717) is 5.02 Å². The van der Waals surface area contributed by atoms with Crippen LogP contribution in [-0.4, -0.2) is 39.4 Å². The highest BCUT2D eigenvalue weighted by Crippen LogP contribution is 2.34. The Morgan fingerprint density at radius 2 is 1.97 bits per heavy atom. The molecular formula is C21H22ClN3O2S2. The molecule has 5 nitrogen and oxygen atoms in total. The van der Waals surface area contributed by atoms with E-state index >= 15 is 0 Å². The van der Waals surface area contributed by atoms with E-state index in [9.17, 15) is 9.90 Å². The van der Waals surface area contributed by atoms with Gasteiger partial charge in [-0.3, -0.25) is 9.78 Å². The van der Waals surface area contributed by atoms with E-state index in [2.05, 4.69) is 20.9 Å². The van der Waals surface area contributed by atoms with Crippen LogP contribution in [0.1, 0.15) is 19.5 Å². The highest BCUT2D eigenvalue weighted by molar-refractivity contribution is 8.02. The van der Waals surface area contributed by atoms with Gasteiger partial charge in [0.1, 0.15) is 4.75 Å². The first-order valence-corrected chi connectivity index (χ1v) is 11.1. The molecule has 2 aromatic heterocycles. The highest BCUT2D eigenvalue weighted by Gasteiger charge is 2.29. The zero-order valence-electron chi connectivity index (χ0n) is 16.4. The number of thiazole rings is 1. The van der Waals surface area contributed by atoms with Gasteiger partial charge in [0.25, 0.3) is 0 Å². The molecule has 0 fully saturated rings. The smallest absolute Gasteiger partial charge is 0.319 e. The SMILES string of the molecule is CN(CCc1csc(SC(C)(C)C(=O)O)n1)c1ccc(-c2ccc(Cl)cc2)nc1. The first kappa shape index (κ1) is 21.6. The molecule has 0 atom stereocenters. The van der Waals surface area contributed by atoms with E-state index < -0.39 is 10.7 Å². The minimum Gasteiger partial charge on any atom is -0.480 e. The number of hydrogen-bond acceptors (Lipinski definition) is 6. The molecule has 2 heterocycles. The molecule has 29 heavy (non-hydrogen) atoms. The van der Waals surface area contributed by atoms with Crippen LogP contribution in [0, 0.1) is 0 Å². The van der Waals surface area contributed by atoms with E-state index in [1.807, 2.05) is 49.0 Å². The molecule has 3 aromatic rings. The zero-order valence-corrected chi connectivity index (χ0v) is 18.8. The molecule has 152 valence electrons. The van der Waals surface area contributed by atoms with Gasteiger partial charge in [0, 0.05) is 36.0 Å². The van der Waals surface area contributed by atoms with Crippen molar-refractivity contribution in [3.05, 3.63) is 58.7 Å². The minimum atomic E-state index is -0.885. The normalized spacial score (nSPS) is 11.4. The number of nitrogens with zero attached hydrogens (tertiary/aromatic N) is 3. The molecule has 0 radical (unpaired) electrons. The molecule has 0 spiro atoms. The summed E-state index contributed by atoms with van der Waals surface area (Å²) in [6, 6.07) is 11.7. The zero-order chi connectivity index (χ0) is 21.0. The van der Waals surface area contributed by atoms with Crippen molar-refractivity contribution in [2.75, 3.05) is 18.5 Å². The maximum atomic E-state index is 11.3. The van der Waals surface area contributed by atoms with Crippen LogP contribution in [0.15, 0.2) is 52.3 Å². The lowest BCUT2D eigenvalue weighted by atomic mass is 10.1. The number of carbonyl (C=O) groups is 1. The lowest BCUT2D eigenvalue weighted by Gasteiger charge is -2.18. The van der Waals surface area contributed by atoms with Gasteiger partial charge in [-0.15, -0.1) is 11.3 Å². The van der Waals surface area contributed by atoms with Crippen molar-refractivity contribution in [3.63, 3.8) is 0 Å². The number of aliphatic carboxylic acids is 1. The van der Waals surface area contributed by atoms with Crippen molar-refractivity contribution < 1.29 is 9.90 Å². The number of aromatic nitrogens is 2. The van der Waals surface area contributed by atoms with Crippen molar-refractivity contribution in [1.82, 2.24) is 9.97 Å². The van der Waals surface area contributed by atoms with Gasteiger partial charge in [-0.1, -0.05) is 35.5 Å². The Morgan fingerprint density at radius 1 is 1.24 bits per heavy atom. The second-order valence-corrected chi connectivity index (χ2v) is 10.3. The molecule has 3 rings (SSSR count). The van der Waals surface area contributed by atoms with Gasteiger partial charge in [0.15, 0.2) is 4.34 Å². The number of carboxylic acids is 1. The van der Waals surface area contributed by atoms with Crippen LogP contribution < -0.4 is 4.90 Å². The third kappa shape index (κ3) is 5.72. The monoisotopic (exact) mass is 447 g/mol. The van der Waals surface area contributed by atoms with Gasteiger partial charge in [-0.05, 0) is 38.1 Å². The summed E-state index contributed by atoms with van der Waals surface area (Å²) >= 11 is 8.71. The Kier molecular flexibility index (Phi) is 6.82. The summed E-state index contributed by atoms with van der Waals surface area (Å²) in [5.41, 5.74) is 3.93. The fourth-order valence-electron chi connectivity index (χ4n) is 2.53. The average Bonchev–Trinajstić information content (AvgIpc) is 3.13. The first-order chi connectivity index (χ1) is 13.7. The van der Waals surface area contributed by atoms with E-state index in [1.54, 1.807) is 13.8 Å². The van der Waals surface area contributed by atoms with Crippen molar-refractivity contribution in [1.29, 1.82) is 0 Å². The molecule has 8 heteroatoms. The Labute approximate surface area is 183 Å². The molecule has 1 N–H and O–H groups in total. The van der Waals surface area contributed by atoms with Crippen molar-refractivity contribution in [2.45, 2.75) is 29.4 Å². The fourth-order valence-corrected chi connectivity index (χ4v) is 4.88. The summed E-state index contributed by atoms with van der Waals surface area (Å²) in [5.74, 6) is -0.839. The second-order valence-electron chi connectivity index (χ2n) is 7.10. The van der Waals surface area contributed by atoms with E-state index in [1.165, 1.54) is 23.1 Å². The standard InChI is InChI=1S/C21H22ClN3O2S2/c1-21(2,19(26)27)29-20-24-16(13-28-20)10-11-25(3)17-8-9-18(23-12-17)14-4-6-15(22)7-5-14/h4-9,12-13H,10-11H2,1-3H3,(H,26,27). The maximum Gasteiger partial charge on any atom is 0.319 e. The molecule has 0 saturated carbocycles. The number of halogens is 1. The Bertz CT molecular complexity index is 972. The van der Waals surface area contributed by atoms with Gasteiger partial charge in [0.05, 0.1) is 23.3 Å². The van der Waals surface area contributed by atoms with Gasteiger partial charge < -0.3 is 10.0 Å². The van der Waals surface area contributed by atoms with Crippen LogP contribution >= 0.6 is 34.7 Å². The van der Waals surface area contributed by atoms with Crippen LogP contribution in [0.5, 0.6) is 0 Å². The minimum absolute atomic E-state index is 0.709. The largest absolute Gasteiger partial charge is 0.480 e. The van der Waals surface area contributed by atoms with E-state index in [0.717, 1.165) is 39.9 Å². The van der Waals surface area contributed by atoms with Gasteiger partial charge in [0.2, 0.25) is 0 Å². The second kappa shape index (κ2) is 9.15. The molecule has 0 saturated heterocycles. The molecule has 0 aliphatic carbocycles. The number of benzene rings is 1. The fraction of sp³-hybridized carbons (Fsp3) is 0.286. The van der Waals surface area contributed by atoms with Crippen LogP contribution in [0.25, 0.3) is 11.3 Å². The molecule has 0 aliphatic rings. The van der Waals surface area contributed by atoms with Crippen LogP contribution in [0.4, 0.5) is 5.69 Å².